The van der Waals surface area contributed by atoms with E-state index >= 15 is 0 Å². The van der Waals surface area contributed by atoms with Crippen molar-refractivity contribution in [3.05, 3.63) is 63.6 Å². The Balaban J connectivity index is 1.57. The van der Waals surface area contributed by atoms with Crippen molar-refractivity contribution in [2.45, 2.75) is 19.8 Å². The number of carbonyl (C=O) groups is 2. The van der Waals surface area contributed by atoms with Gasteiger partial charge in [-0.05, 0) is 48.7 Å². The van der Waals surface area contributed by atoms with E-state index in [1.807, 2.05) is 37.3 Å². The molecule has 4 nitrogen and oxygen atoms in total. The quantitative estimate of drug-likeness (QED) is 0.825. The molecule has 2 amide bonds. The lowest BCUT2D eigenvalue weighted by Crippen LogP contribution is -2.30. The van der Waals surface area contributed by atoms with Crippen molar-refractivity contribution < 1.29 is 9.59 Å². The minimum atomic E-state index is -0.342. The van der Waals surface area contributed by atoms with Crippen LogP contribution in [0.25, 0.3) is 0 Å². The van der Waals surface area contributed by atoms with Crippen molar-refractivity contribution in [2.75, 3.05) is 18.4 Å². The van der Waals surface area contributed by atoms with Crippen LogP contribution >= 0.6 is 23.2 Å². The fraction of sp³-hybridized carbons (Fsp3) is 0.300. The Morgan fingerprint density at radius 3 is 2.58 bits per heavy atom. The van der Waals surface area contributed by atoms with E-state index in [-0.39, 0.29) is 24.2 Å². The molecule has 26 heavy (non-hydrogen) atoms. The van der Waals surface area contributed by atoms with Gasteiger partial charge in [0.05, 0.1) is 5.92 Å². The monoisotopic (exact) mass is 390 g/mol. The van der Waals surface area contributed by atoms with E-state index in [2.05, 4.69) is 5.32 Å². The molecule has 2 aromatic rings. The smallest absolute Gasteiger partial charge is 0.229 e. The topological polar surface area (TPSA) is 49.4 Å². The first-order valence-electron chi connectivity index (χ1n) is 8.51. The molecule has 1 saturated heterocycles. The summed E-state index contributed by atoms with van der Waals surface area (Å²) in [5.41, 5.74) is 2.74. The van der Waals surface area contributed by atoms with Gasteiger partial charge in [0.2, 0.25) is 11.8 Å². The lowest BCUT2D eigenvalue weighted by atomic mass is 10.1. The van der Waals surface area contributed by atoms with Crippen LogP contribution in [0.1, 0.15) is 17.5 Å². The zero-order chi connectivity index (χ0) is 18.7. The number of anilines is 1. The van der Waals surface area contributed by atoms with Crippen LogP contribution in [0, 0.1) is 12.8 Å². The standard InChI is InChI=1S/C20H20Cl2N2O2/c1-13-2-5-17(22)11-18(13)23-20(26)15-10-19(25)24(12-15)9-8-14-3-6-16(21)7-4-14/h2-7,11,15H,8-10,12H2,1H3,(H,23,26). The summed E-state index contributed by atoms with van der Waals surface area (Å²) in [5, 5.41) is 4.16. The molecule has 0 aromatic heterocycles. The van der Waals surface area contributed by atoms with Crippen LogP contribution in [0.15, 0.2) is 42.5 Å². The van der Waals surface area contributed by atoms with Gasteiger partial charge in [-0.1, -0.05) is 41.4 Å². The highest BCUT2D eigenvalue weighted by Gasteiger charge is 2.34. The molecule has 0 spiro atoms. The van der Waals surface area contributed by atoms with E-state index in [1.165, 1.54) is 0 Å². The molecule has 1 fully saturated rings. The predicted octanol–water partition coefficient (Wildman–Crippen LogP) is 4.33. The first kappa shape index (κ1) is 18.7. The molecule has 1 N–H and O–H groups in total. The van der Waals surface area contributed by atoms with Crippen LogP contribution in [0.4, 0.5) is 5.69 Å². The number of carbonyl (C=O) groups excluding carboxylic acids is 2. The average molecular weight is 391 g/mol. The Morgan fingerprint density at radius 2 is 1.85 bits per heavy atom. The van der Waals surface area contributed by atoms with Crippen LogP contribution in [-0.2, 0) is 16.0 Å². The fourth-order valence-corrected chi connectivity index (χ4v) is 3.34. The number of hydrogen-bond donors (Lipinski definition) is 1. The number of aryl methyl sites for hydroxylation is 1. The summed E-state index contributed by atoms with van der Waals surface area (Å²) in [6.07, 6.45) is 0.983. The van der Waals surface area contributed by atoms with Gasteiger partial charge in [-0.15, -0.1) is 0 Å². The summed E-state index contributed by atoms with van der Waals surface area (Å²) in [6.45, 7) is 2.95. The van der Waals surface area contributed by atoms with E-state index in [4.69, 9.17) is 23.2 Å². The van der Waals surface area contributed by atoms with Gasteiger partial charge in [-0.3, -0.25) is 9.59 Å². The van der Waals surface area contributed by atoms with Crippen molar-refractivity contribution in [3.63, 3.8) is 0 Å². The Kier molecular flexibility index (Phi) is 5.84. The largest absolute Gasteiger partial charge is 0.342 e. The second kappa shape index (κ2) is 8.11. The van der Waals surface area contributed by atoms with E-state index in [0.29, 0.717) is 28.8 Å². The Morgan fingerprint density at radius 1 is 1.15 bits per heavy atom. The number of nitrogens with zero attached hydrogens (tertiary/aromatic N) is 1. The zero-order valence-corrected chi connectivity index (χ0v) is 16.0. The number of nitrogens with one attached hydrogen (secondary N) is 1. The number of amides is 2. The lowest BCUT2D eigenvalue weighted by molar-refractivity contribution is -0.128. The molecule has 1 heterocycles. The van der Waals surface area contributed by atoms with Gasteiger partial charge >= 0.3 is 0 Å². The van der Waals surface area contributed by atoms with Gasteiger partial charge in [0.25, 0.3) is 0 Å². The lowest BCUT2D eigenvalue weighted by Gasteiger charge is -2.17. The third-order valence-corrected chi connectivity index (χ3v) is 5.11. The number of halogens is 2. The molecule has 1 unspecified atom stereocenters. The molecule has 0 saturated carbocycles. The van der Waals surface area contributed by atoms with Crippen LogP contribution in [0.3, 0.4) is 0 Å². The molecule has 1 aliphatic rings. The Bertz CT molecular complexity index is 821. The summed E-state index contributed by atoms with van der Waals surface area (Å²) in [5.74, 6) is -0.467. The highest BCUT2D eigenvalue weighted by Crippen LogP contribution is 2.24. The molecule has 0 radical (unpaired) electrons. The van der Waals surface area contributed by atoms with Gasteiger partial charge < -0.3 is 10.2 Å². The van der Waals surface area contributed by atoms with Gasteiger partial charge in [-0.25, -0.2) is 0 Å². The van der Waals surface area contributed by atoms with Gasteiger partial charge in [0.1, 0.15) is 0 Å². The molecular weight excluding hydrogens is 371 g/mol. The molecule has 1 atom stereocenters. The normalized spacial score (nSPS) is 16.8. The van der Waals surface area contributed by atoms with E-state index < -0.39 is 0 Å². The van der Waals surface area contributed by atoms with E-state index in [9.17, 15) is 9.59 Å². The maximum Gasteiger partial charge on any atom is 0.229 e. The first-order valence-corrected chi connectivity index (χ1v) is 9.27. The van der Waals surface area contributed by atoms with Crippen molar-refractivity contribution in [1.29, 1.82) is 0 Å². The van der Waals surface area contributed by atoms with Crippen molar-refractivity contribution >= 4 is 40.7 Å². The number of benzene rings is 2. The maximum absolute atomic E-state index is 12.5. The number of likely N-dealkylation sites (tertiary alicyclic amines) is 1. The van der Waals surface area contributed by atoms with Crippen molar-refractivity contribution in [1.82, 2.24) is 4.90 Å². The molecule has 6 heteroatoms. The highest BCUT2D eigenvalue weighted by atomic mass is 35.5. The first-order chi connectivity index (χ1) is 12.4. The molecule has 2 aromatic carbocycles. The third kappa shape index (κ3) is 4.57. The minimum Gasteiger partial charge on any atom is -0.342 e. The zero-order valence-electron chi connectivity index (χ0n) is 14.5. The summed E-state index contributed by atoms with van der Waals surface area (Å²) < 4.78 is 0. The highest BCUT2D eigenvalue weighted by molar-refractivity contribution is 6.31. The second-order valence-electron chi connectivity index (χ2n) is 6.57. The van der Waals surface area contributed by atoms with E-state index in [1.54, 1.807) is 17.0 Å². The second-order valence-corrected chi connectivity index (χ2v) is 7.44. The SMILES string of the molecule is Cc1ccc(Cl)cc1NC(=O)C1CC(=O)N(CCc2ccc(Cl)cc2)C1. The van der Waals surface area contributed by atoms with Gasteiger partial charge in [-0.2, -0.15) is 0 Å². The molecule has 1 aliphatic heterocycles. The maximum atomic E-state index is 12.5. The van der Waals surface area contributed by atoms with Gasteiger partial charge in [0.15, 0.2) is 0 Å². The molecule has 0 aliphatic carbocycles. The van der Waals surface area contributed by atoms with Crippen molar-refractivity contribution in [3.8, 4) is 0 Å². The van der Waals surface area contributed by atoms with E-state index in [0.717, 1.165) is 17.5 Å². The van der Waals surface area contributed by atoms with Crippen LogP contribution in [0.5, 0.6) is 0 Å². The molecule has 3 rings (SSSR count). The Labute approximate surface area is 163 Å². The number of hydrogen-bond acceptors (Lipinski definition) is 2. The summed E-state index contributed by atoms with van der Waals surface area (Å²) >= 11 is 11.9. The fourth-order valence-electron chi connectivity index (χ4n) is 3.04. The molecule has 0 bridgehead atoms. The van der Waals surface area contributed by atoms with Crippen LogP contribution in [-0.4, -0.2) is 29.8 Å². The minimum absolute atomic E-state index is 0.0157. The molecular formula is C20H20Cl2N2O2. The summed E-state index contributed by atoms with van der Waals surface area (Å²) in [7, 11) is 0. The molecule has 136 valence electrons. The predicted molar refractivity (Wildman–Crippen MR) is 105 cm³/mol. The third-order valence-electron chi connectivity index (χ3n) is 4.63. The summed E-state index contributed by atoms with van der Waals surface area (Å²) in [4.78, 5) is 26.5. The average Bonchev–Trinajstić information content (AvgIpc) is 2.99. The van der Waals surface area contributed by atoms with Crippen LogP contribution in [0.2, 0.25) is 10.0 Å². The number of rotatable bonds is 5. The van der Waals surface area contributed by atoms with Crippen LogP contribution < -0.4 is 5.32 Å². The summed E-state index contributed by atoms with van der Waals surface area (Å²) in [6, 6.07) is 13.0. The van der Waals surface area contributed by atoms with Gasteiger partial charge in [0, 0.05) is 35.2 Å². The Hall–Kier alpha value is -2.04. The van der Waals surface area contributed by atoms with Crippen molar-refractivity contribution in [2.24, 2.45) is 5.92 Å².